The van der Waals surface area contributed by atoms with E-state index in [-0.39, 0.29) is 0 Å². The third kappa shape index (κ3) is 4.33. The van der Waals surface area contributed by atoms with Crippen LogP contribution >= 0.6 is 0 Å². The van der Waals surface area contributed by atoms with Gasteiger partial charge >= 0.3 is 0 Å². The van der Waals surface area contributed by atoms with Gasteiger partial charge in [-0.1, -0.05) is 20.8 Å². The molecule has 2 aromatic heterocycles. The molecule has 0 saturated heterocycles. The molecule has 0 amide bonds. The van der Waals surface area contributed by atoms with Crippen molar-refractivity contribution in [3.05, 3.63) is 47.2 Å². The normalized spacial score (nSPS) is 11.1. The van der Waals surface area contributed by atoms with Gasteiger partial charge in [-0.15, -0.1) is 0 Å². The predicted molar refractivity (Wildman–Crippen MR) is 83.4 cm³/mol. The average molecular weight is 288 g/mol. The van der Waals surface area contributed by atoms with Crippen LogP contribution in [0.25, 0.3) is 0 Å². The quantitative estimate of drug-likeness (QED) is 0.845. The molecule has 1 N–H and O–H groups in total. The van der Waals surface area contributed by atoms with Crippen molar-refractivity contribution in [1.82, 2.24) is 10.3 Å². The lowest BCUT2D eigenvalue weighted by atomic mass is 10.2. The van der Waals surface area contributed by atoms with Gasteiger partial charge in [0, 0.05) is 17.3 Å². The highest BCUT2D eigenvalue weighted by atomic mass is 16.5. The Balaban J connectivity index is 2.02. The summed E-state index contributed by atoms with van der Waals surface area (Å²) in [7, 11) is 0. The van der Waals surface area contributed by atoms with E-state index in [0.717, 1.165) is 41.4 Å². The van der Waals surface area contributed by atoms with Crippen LogP contribution in [-0.2, 0) is 19.6 Å². The van der Waals surface area contributed by atoms with Gasteiger partial charge in [-0.3, -0.25) is 4.98 Å². The Morgan fingerprint density at radius 2 is 2.10 bits per heavy atom. The molecule has 2 heterocycles. The van der Waals surface area contributed by atoms with Crippen LogP contribution in [0.4, 0.5) is 0 Å². The zero-order chi connectivity index (χ0) is 15.2. The topological polar surface area (TPSA) is 47.3 Å². The zero-order valence-corrected chi connectivity index (χ0v) is 13.3. The maximum Gasteiger partial charge on any atom is 0.141 e. The molecule has 4 nitrogen and oxygen atoms in total. The Bertz CT molecular complexity index is 576. The van der Waals surface area contributed by atoms with Crippen molar-refractivity contribution in [2.75, 3.05) is 0 Å². The lowest BCUT2D eigenvalue weighted by Gasteiger charge is -2.11. The third-order valence-electron chi connectivity index (χ3n) is 3.30. The first kappa shape index (κ1) is 15.6. The van der Waals surface area contributed by atoms with Crippen molar-refractivity contribution in [3.63, 3.8) is 0 Å². The van der Waals surface area contributed by atoms with Crippen LogP contribution in [0, 0.1) is 6.92 Å². The summed E-state index contributed by atoms with van der Waals surface area (Å²) in [5.74, 6) is 1.79. The van der Waals surface area contributed by atoms with Gasteiger partial charge in [0.1, 0.15) is 18.1 Å². The fourth-order valence-electron chi connectivity index (χ4n) is 2.09. The molecule has 0 bridgehead atoms. The lowest BCUT2D eigenvalue weighted by molar-refractivity contribution is 0.296. The first-order chi connectivity index (χ1) is 10.1. The summed E-state index contributed by atoms with van der Waals surface area (Å²) in [6, 6.07) is 6.36. The Kier molecular flexibility index (Phi) is 5.39. The number of hydrogen-bond acceptors (Lipinski definition) is 4. The van der Waals surface area contributed by atoms with E-state index in [4.69, 9.17) is 9.15 Å². The Hall–Kier alpha value is -1.81. The number of rotatable bonds is 7. The smallest absolute Gasteiger partial charge is 0.141 e. The minimum Gasteiger partial charge on any atom is -0.487 e. The minimum atomic E-state index is 0.428. The number of pyridine rings is 1. The van der Waals surface area contributed by atoms with E-state index in [1.54, 1.807) is 6.26 Å². The molecule has 0 fully saturated rings. The molecular weight excluding hydrogens is 264 g/mol. The fraction of sp³-hybridized carbons (Fsp3) is 0.471. The van der Waals surface area contributed by atoms with Crippen molar-refractivity contribution < 1.29 is 9.15 Å². The van der Waals surface area contributed by atoms with Crippen molar-refractivity contribution in [2.45, 2.75) is 53.3 Å². The van der Waals surface area contributed by atoms with Crippen LogP contribution in [0.5, 0.6) is 5.75 Å². The molecule has 0 saturated carbocycles. The van der Waals surface area contributed by atoms with Gasteiger partial charge in [0.2, 0.25) is 0 Å². The highest BCUT2D eigenvalue weighted by Gasteiger charge is 2.10. The monoisotopic (exact) mass is 288 g/mol. The van der Waals surface area contributed by atoms with E-state index >= 15 is 0 Å². The Morgan fingerprint density at radius 1 is 1.29 bits per heavy atom. The minimum absolute atomic E-state index is 0.428. The molecule has 0 unspecified atom stereocenters. The number of aromatic nitrogens is 1. The summed E-state index contributed by atoms with van der Waals surface area (Å²) >= 11 is 0. The number of nitrogens with zero attached hydrogens (tertiary/aromatic N) is 1. The van der Waals surface area contributed by atoms with Crippen LogP contribution < -0.4 is 10.1 Å². The summed E-state index contributed by atoms with van der Waals surface area (Å²) in [6.07, 6.45) is 2.58. The number of furan rings is 1. The summed E-state index contributed by atoms with van der Waals surface area (Å²) in [6.45, 7) is 9.54. The summed E-state index contributed by atoms with van der Waals surface area (Å²) in [4.78, 5) is 4.51. The second-order valence-electron chi connectivity index (χ2n) is 5.44. The SMILES string of the molecule is CCc1nc(C)ccc1OCc1ccoc1CNC(C)C. The molecular formula is C17H24N2O2. The zero-order valence-electron chi connectivity index (χ0n) is 13.3. The molecule has 0 aliphatic heterocycles. The van der Waals surface area contributed by atoms with Gasteiger partial charge in [-0.05, 0) is 31.5 Å². The van der Waals surface area contributed by atoms with Gasteiger partial charge in [0.15, 0.2) is 0 Å². The largest absolute Gasteiger partial charge is 0.487 e. The van der Waals surface area contributed by atoms with Gasteiger partial charge in [0.25, 0.3) is 0 Å². The molecule has 0 spiro atoms. The van der Waals surface area contributed by atoms with Crippen molar-refractivity contribution in [3.8, 4) is 5.75 Å². The predicted octanol–water partition coefficient (Wildman–Crippen LogP) is 3.62. The lowest BCUT2D eigenvalue weighted by Crippen LogP contribution is -2.22. The molecule has 4 heteroatoms. The molecule has 114 valence electrons. The highest BCUT2D eigenvalue weighted by Crippen LogP contribution is 2.20. The Labute approximate surface area is 126 Å². The van der Waals surface area contributed by atoms with E-state index in [9.17, 15) is 0 Å². The van der Waals surface area contributed by atoms with Crippen molar-refractivity contribution in [2.24, 2.45) is 0 Å². The number of ether oxygens (including phenoxy) is 1. The second-order valence-corrected chi connectivity index (χ2v) is 5.44. The molecule has 0 aromatic carbocycles. The molecule has 21 heavy (non-hydrogen) atoms. The van der Waals surface area contributed by atoms with Crippen LogP contribution in [-0.4, -0.2) is 11.0 Å². The van der Waals surface area contributed by atoms with E-state index in [1.807, 2.05) is 25.1 Å². The standard InChI is InChI=1S/C17H24N2O2/c1-5-15-16(7-6-13(4)19-15)21-11-14-8-9-20-17(14)10-18-12(2)3/h6-9,12,18H,5,10-11H2,1-4H3. The van der Waals surface area contributed by atoms with Gasteiger partial charge in [0.05, 0.1) is 18.5 Å². The maximum atomic E-state index is 5.92. The summed E-state index contributed by atoms with van der Waals surface area (Å²) in [5.41, 5.74) is 3.09. The number of hydrogen-bond donors (Lipinski definition) is 1. The van der Waals surface area contributed by atoms with Crippen LogP contribution in [0.2, 0.25) is 0 Å². The third-order valence-corrected chi connectivity index (χ3v) is 3.30. The van der Waals surface area contributed by atoms with Gasteiger partial charge in [-0.2, -0.15) is 0 Å². The van der Waals surface area contributed by atoms with Crippen molar-refractivity contribution in [1.29, 1.82) is 0 Å². The van der Waals surface area contributed by atoms with Crippen LogP contribution in [0.15, 0.2) is 28.9 Å². The first-order valence-corrected chi connectivity index (χ1v) is 7.48. The molecule has 2 aromatic rings. The van der Waals surface area contributed by atoms with E-state index < -0.39 is 0 Å². The number of aryl methyl sites for hydroxylation is 2. The van der Waals surface area contributed by atoms with Crippen LogP contribution in [0.3, 0.4) is 0 Å². The molecule has 0 aliphatic carbocycles. The molecule has 0 atom stereocenters. The average Bonchev–Trinajstić information content (AvgIpc) is 2.91. The van der Waals surface area contributed by atoms with E-state index in [0.29, 0.717) is 12.6 Å². The first-order valence-electron chi connectivity index (χ1n) is 7.48. The van der Waals surface area contributed by atoms with Gasteiger partial charge in [-0.25, -0.2) is 0 Å². The summed E-state index contributed by atoms with van der Waals surface area (Å²) < 4.78 is 11.4. The molecule has 0 radical (unpaired) electrons. The molecule has 0 aliphatic rings. The van der Waals surface area contributed by atoms with E-state index in [2.05, 4.69) is 31.1 Å². The Morgan fingerprint density at radius 3 is 2.81 bits per heavy atom. The van der Waals surface area contributed by atoms with Gasteiger partial charge < -0.3 is 14.5 Å². The summed E-state index contributed by atoms with van der Waals surface area (Å²) in [5, 5.41) is 3.35. The maximum absolute atomic E-state index is 5.92. The second kappa shape index (κ2) is 7.27. The van der Waals surface area contributed by atoms with E-state index in [1.165, 1.54) is 0 Å². The fourth-order valence-corrected chi connectivity index (χ4v) is 2.09. The number of nitrogens with one attached hydrogen (secondary N) is 1. The van der Waals surface area contributed by atoms with Crippen molar-refractivity contribution >= 4 is 0 Å². The molecule has 2 rings (SSSR count). The highest BCUT2D eigenvalue weighted by molar-refractivity contribution is 5.30. The van der Waals surface area contributed by atoms with Crippen LogP contribution in [0.1, 0.15) is 43.5 Å².